The summed E-state index contributed by atoms with van der Waals surface area (Å²) in [6, 6.07) is 0.280. The highest BCUT2D eigenvalue weighted by molar-refractivity contribution is 7.91. The fraction of sp³-hybridized carbons (Fsp3) is 1.00. The highest BCUT2D eigenvalue weighted by Crippen LogP contribution is 2.37. The largest absolute Gasteiger partial charge is 0.377 e. The van der Waals surface area contributed by atoms with Gasteiger partial charge < -0.3 is 10.1 Å². The van der Waals surface area contributed by atoms with Gasteiger partial charge in [0.05, 0.1) is 11.4 Å². The van der Waals surface area contributed by atoms with E-state index < -0.39 is 9.84 Å². The van der Waals surface area contributed by atoms with Crippen molar-refractivity contribution in [3.8, 4) is 0 Å². The molecule has 20 heavy (non-hydrogen) atoms. The van der Waals surface area contributed by atoms with Crippen molar-refractivity contribution < 1.29 is 13.2 Å². The van der Waals surface area contributed by atoms with Crippen LogP contribution in [-0.2, 0) is 14.6 Å². The molecule has 4 nitrogen and oxygen atoms in total. The second-order valence-electron chi connectivity index (χ2n) is 5.86. The van der Waals surface area contributed by atoms with Crippen molar-refractivity contribution in [2.75, 3.05) is 25.2 Å². The average molecular weight is 305 g/mol. The fourth-order valence-corrected chi connectivity index (χ4v) is 4.08. The Labute approximate surface area is 124 Å². The van der Waals surface area contributed by atoms with E-state index in [-0.39, 0.29) is 17.4 Å². The lowest BCUT2D eigenvalue weighted by atomic mass is 9.88. The lowest BCUT2D eigenvalue weighted by Gasteiger charge is -2.37. The Morgan fingerprint density at radius 3 is 2.40 bits per heavy atom. The lowest BCUT2D eigenvalue weighted by Crippen LogP contribution is -2.50. The van der Waals surface area contributed by atoms with Gasteiger partial charge in [0.25, 0.3) is 0 Å². The van der Waals surface area contributed by atoms with Gasteiger partial charge in [-0.3, -0.25) is 0 Å². The van der Waals surface area contributed by atoms with Crippen LogP contribution in [-0.4, -0.2) is 45.2 Å². The van der Waals surface area contributed by atoms with Crippen LogP contribution in [0.5, 0.6) is 0 Å². The molecule has 120 valence electrons. The number of sulfone groups is 1. The predicted octanol–water partition coefficient (Wildman–Crippen LogP) is 2.53. The highest BCUT2D eigenvalue weighted by atomic mass is 32.2. The third kappa shape index (κ3) is 5.01. The number of ether oxygens (including phenoxy) is 1. The first kappa shape index (κ1) is 17.9. The summed E-state index contributed by atoms with van der Waals surface area (Å²) in [5.74, 6) is 0.545. The SMILES string of the molecule is CCCNC(CCCS(=O)(=O)CC)C1(OC)CCCC1. The molecule has 0 aromatic rings. The van der Waals surface area contributed by atoms with Crippen molar-refractivity contribution >= 4 is 9.84 Å². The molecule has 0 spiro atoms. The molecule has 1 atom stereocenters. The number of nitrogens with one attached hydrogen (secondary N) is 1. The van der Waals surface area contributed by atoms with Crippen molar-refractivity contribution in [1.29, 1.82) is 0 Å². The molecule has 0 heterocycles. The van der Waals surface area contributed by atoms with Crippen LogP contribution in [0.15, 0.2) is 0 Å². The molecule has 0 aromatic heterocycles. The lowest BCUT2D eigenvalue weighted by molar-refractivity contribution is -0.0378. The molecule has 0 radical (unpaired) electrons. The summed E-state index contributed by atoms with van der Waals surface area (Å²) in [6.07, 6.45) is 7.30. The van der Waals surface area contributed by atoms with Gasteiger partial charge >= 0.3 is 0 Å². The van der Waals surface area contributed by atoms with Crippen LogP contribution in [0.1, 0.15) is 58.8 Å². The van der Waals surface area contributed by atoms with Gasteiger partial charge in [0.1, 0.15) is 9.84 Å². The molecule has 1 N–H and O–H groups in total. The van der Waals surface area contributed by atoms with E-state index in [2.05, 4.69) is 12.2 Å². The van der Waals surface area contributed by atoms with Crippen LogP contribution < -0.4 is 5.32 Å². The number of hydrogen-bond donors (Lipinski definition) is 1. The van der Waals surface area contributed by atoms with Gasteiger partial charge in [-0.2, -0.15) is 0 Å². The first-order chi connectivity index (χ1) is 9.49. The zero-order valence-electron chi connectivity index (χ0n) is 13.3. The standard InChI is InChI=1S/C15H31NO3S/c1-4-12-16-14(9-8-13-20(17,18)5-2)15(19-3)10-6-7-11-15/h14,16H,4-13H2,1-3H3. The maximum atomic E-state index is 11.6. The molecule has 0 amide bonds. The monoisotopic (exact) mass is 305 g/mol. The Morgan fingerprint density at radius 2 is 1.90 bits per heavy atom. The van der Waals surface area contributed by atoms with Crippen molar-refractivity contribution in [2.45, 2.75) is 70.4 Å². The van der Waals surface area contributed by atoms with Gasteiger partial charge in [-0.25, -0.2) is 8.42 Å². The van der Waals surface area contributed by atoms with E-state index in [4.69, 9.17) is 4.74 Å². The minimum atomic E-state index is -2.85. The van der Waals surface area contributed by atoms with Crippen molar-refractivity contribution in [1.82, 2.24) is 5.32 Å². The summed E-state index contributed by atoms with van der Waals surface area (Å²) in [5, 5.41) is 3.59. The second-order valence-corrected chi connectivity index (χ2v) is 8.33. The summed E-state index contributed by atoms with van der Waals surface area (Å²) in [6.45, 7) is 4.84. The Hall–Kier alpha value is -0.130. The highest BCUT2D eigenvalue weighted by Gasteiger charge is 2.40. The zero-order valence-corrected chi connectivity index (χ0v) is 14.1. The Balaban J connectivity index is 2.59. The van der Waals surface area contributed by atoms with E-state index >= 15 is 0 Å². The predicted molar refractivity (Wildman–Crippen MR) is 83.9 cm³/mol. The topological polar surface area (TPSA) is 55.4 Å². The second kappa shape index (κ2) is 8.35. The van der Waals surface area contributed by atoms with Crippen LogP contribution >= 0.6 is 0 Å². The van der Waals surface area contributed by atoms with Gasteiger partial charge in [0, 0.05) is 18.9 Å². The van der Waals surface area contributed by atoms with Gasteiger partial charge in [-0.1, -0.05) is 26.7 Å². The molecule has 0 saturated heterocycles. The van der Waals surface area contributed by atoms with Gasteiger partial charge in [-0.15, -0.1) is 0 Å². The van der Waals surface area contributed by atoms with Crippen molar-refractivity contribution in [3.63, 3.8) is 0 Å². The molecule has 1 aliphatic carbocycles. The van der Waals surface area contributed by atoms with Crippen LogP contribution in [0.2, 0.25) is 0 Å². The normalized spacial score (nSPS) is 20.1. The molecule has 1 rings (SSSR count). The number of methoxy groups -OCH3 is 1. The van der Waals surface area contributed by atoms with E-state index in [1.165, 1.54) is 12.8 Å². The quantitative estimate of drug-likeness (QED) is 0.674. The number of hydrogen-bond acceptors (Lipinski definition) is 4. The summed E-state index contributed by atoms with van der Waals surface area (Å²) >= 11 is 0. The van der Waals surface area contributed by atoms with Gasteiger partial charge in [0.15, 0.2) is 0 Å². The molecule has 1 fully saturated rings. The Bertz CT molecular complexity index is 361. The smallest absolute Gasteiger partial charge is 0.150 e. The van der Waals surface area contributed by atoms with Gasteiger partial charge in [0.2, 0.25) is 0 Å². The van der Waals surface area contributed by atoms with Crippen molar-refractivity contribution in [2.24, 2.45) is 0 Å². The molecule has 1 aliphatic rings. The molecular weight excluding hydrogens is 274 g/mol. The first-order valence-corrected chi connectivity index (χ1v) is 9.80. The van der Waals surface area contributed by atoms with Crippen molar-refractivity contribution in [3.05, 3.63) is 0 Å². The molecule has 5 heteroatoms. The molecule has 1 unspecified atom stereocenters. The Kier molecular flexibility index (Phi) is 7.48. The molecule has 0 bridgehead atoms. The minimum Gasteiger partial charge on any atom is -0.377 e. The van der Waals surface area contributed by atoms with Crippen LogP contribution in [0.3, 0.4) is 0 Å². The van der Waals surface area contributed by atoms with E-state index in [1.54, 1.807) is 14.0 Å². The average Bonchev–Trinajstić information content (AvgIpc) is 2.92. The maximum absolute atomic E-state index is 11.6. The van der Waals surface area contributed by atoms with Crippen LogP contribution in [0.4, 0.5) is 0 Å². The number of rotatable bonds is 10. The van der Waals surface area contributed by atoms with E-state index in [1.807, 2.05) is 0 Å². The van der Waals surface area contributed by atoms with Crippen LogP contribution in [0, 0.1) is 0 Å². The summed E-state index contributed by atoms with van der Waals surface area (Å²) in [7, 11) is -1.05. The third-order valence-electron chi connectivity index (χ3n) is 4.52. The first-order valence-electron chi connectivity index (χ1n) is 7.98. The zero-order chi connectivity index (χ0) is 15.1. The fourth-order valence-electron chi connectivity index (χ4n) is 3.19. The summed E-state index contributed by atoms with van der Waals surface area (Å²) in [4.78, 5) is 0. The summed E-state index contributed by atoms with van der Waals surface area (Å²) < 4.78 is 29.1. The van der Waals surface area contributed by atoms with E-state index in [0.29, 0.717) is 5.75 Å². The Morgan fingerprint density at radius 1 is 1.25 bits per heavy atom. The van der Waals surface area contributed by atoms with Gasteiger partial charge in [-0.05, 0) is 38.6 Å². The third-order valence-corrected chi connectivity index (χ3v) is 6.31. The molecule has 0 aliphatic heterocycles. The van der Waals surface area contributed by atoms with E-state index in [0.717, 1.165) is 38.6 Å². The molecule has 1 saturated carbocycles. The summed E-state index contributed by atoms with van der Waals surface area (Å²) in [5.41, 5.74) is -0.0782. The molecular formula is C15H31NO3S. The maximum Gasteiger partial charge on any atom is 0.150 e. The minimum absolute atomic E-state index is 0.0782. The molecule has 0 aromatic carbocycles. The van der Waals surface area contributed by atoms with Crippen LogP contribution in [0.25, 0.3) is 0 Å². The van der Waals surface area contributed by atoms with E-state index in [9.17, 15) is 8.42 Å².